The lowest BCUT2D eigenvalue weighted by molar-refractivity contribution is 0.654. The zero-order chi connectivity index (χ0) is 11.4. The van der Waals surface area contributed by atoms with Gasteiger partial charge in [-0.3, -0.25) is 0 Å². The first-order valence-electron chi connectivity index (χ1n) is 5.56. The van der Waals surface area contributed by atoms with Crippen molar-refractivity contribution in [1.29, 1.82) is 0 Å². The van der Waals surface area contributed by atoms with Gasteiger partial charge in [-0.15, -0.1) is 6.58 Å². The van der Waals surface area contributed by atoms with E-state index in [2.05, 4.69) is 18.7 Å². The Balaban J connectivity index is 2.39. The maximum atomic E-state index is 13.2. The van der Waals surface area contributed by atoms with Crippen LogP contribution >= 0.6 is 0 Å². The molecule has 1 aromatic rings. The normalized spacial score (nSPS) is 15.3. The van der Waals surface area contributed by atoms with Gasteiger partial charge in [-0.05, 0) is 48.1 Å². The molecule has 82 valence electrons. The number of hydrogen-bond donors (Lipinski definition) is 0. The van der Waals surface area contributed by atoms with Crippen LogP contribution in [-0.4, -0.2) is 0 Å². The van der Waals surface area contributed by atoms with Crippen molar-refractivity contribution < 1.29 is 4.39 Å². The molecule has 0 N–H and O–H groups in total. The van der Waals surface area contributed by atoms with Crippen LogP contribution in [0.3, 0.4) is 0 Å². The predicted octanol–water partition coefficient (Wildman–Crippen LogP) is 4.45. The Hall–Kier alpha value is -1.63. The maximum Gasteiger partial charge on any atom is 0.119 e. The van der Waals surface area contributed by atoms with Crippen molar-refractivity contribution in [3.63, 3.8) is 0 Å². The van der Waals surface area contributed by atoms with Crippen molar-refractivity contribution in [2.75, 3.05) is 0 Å². The van der Waals surface area contributed by atoms with Gasteiger partial charge in [0.1, 0.15) is 5.83 Å². The second kappa shape index (κ2) is 4.93. The summed E-state index contributed by atoms with van der Waals surface area (Å²) in [6, 6.07) is 8.15. The molecule has 0 saturated carbocycles. The third kappa shape index (κ3) is 2.30. The molecule has 0 heterocycles. The molecule has 0 unspecified atom stereocenters. The van der Waals surface area contributed by atoms with Crippen molar-refractivity contribution in [3.05, 3.63) is 66.0 Å². The van der Waals surface area contributed by atoms with Crippen LogP contribution in [0.2, 0.25) is 0 Å². The van der Waals surface area contributed by atoms with Crippen molar-refractivity contribution in [2.45, 2.75) is 19.3 Å². The van der Waals surface area contributed by atoms with Gasteiger partial charge in [0.2, 0.25) is 0 Å². The third-order valence-electron chi connectivity index (χ3n) is 2.79. The molecule has 0 spiro atoms. The molecule has 0 bridgehead atoms. The van der Waals surface area contributed by atoms with Crippen LogP contribution in [-0.2, 0) is 6.42 Å². The molecule has 0 aromatic heterocycles. The van der Waals surface area contributed by atoms with Gasteiger partial charge in [-0.25, -0.2) is 4.39 Å². The first-order chi connectivity index (χ1) is 7.81. The quantitative estimate of drug-likeness (QED) is 0.652. The van der Waals surface area contributed by atoms with Crippen LogP contribution in [0.4, 0.5) is 4.39 Å². The minimum absolute atomic E-state index is 0.116. The highest BCUT2D eigenvalue weighted by Crippen LogP contribution is 2.29. The third-order valence-corrected chi connectivity index (χ3v) is 2.79. The van der Waals surface area contributed by atoms with Gasteiger partial charge in [0.25, 0.3) is 0 Å². The zero-order valence-corrected chi connectivity index (χ0v) is 9.25. The molecule has 0 aliphatic heterocycles. The van der Waals surface area contributed by atoms with Gasteiger partial charge in [0.15, 0.2) is 0 Å². The molecule has 0 amide bonds. The standard InChI is InChI=1S/C15H15F/c1-2-6-12-7-3-4-10-15(12)13-8-5-9-14(16)11-13/h2-4,7,9-11H,1,5-6,8H2. The molecule has 16 heavy (non-hydrogen) atoms. The van der Waals surface area contributed by atoms with Crippen molar-refractivity contribution >= 4 is 5.57 Å². The molecule has 0 saturated heterocycles. The average molecular weight is 214 g/mol. The summed E-state index contributed by atoms with van der Waals surface area (Å²) in [6.07, 6.45) is 7.71. The van der Waals surface area contributed by atoms with Gasteiger partial charge in [-0.1, -0.05) is 30.3 Å². The first-order valence-corrected chi connectivity index (χ1v) is 5.56. The van der Waals surface area contributed by atoms with Gasteiger partial charge < -0.3 is 0 Å². The Kier molecular flexibility index (Phi) is 3.35. The lowest BCUT2D eigenvalue weighted by atomic mass is 9.92. The summed E-state index contributed by atoms with van der Waals surface area (Å²) in [6.45, 7) is 3.75. The first kappa shape index (κ1) is 10.9. The number of rotatable bonds is 3. The summed E-state index contributed by atoms with van der Waals surface area (Å²) < 4.78 is 13.2. The molecule has 2 rings (SSSR count). The summed E-state index contributed by atoms with van der Waals surface area (Å²) in [7, 11) is 0. The monoisotopic (exact) mass is 214 g/mol. The molecule has 0 nitrogen and oxygen atoms in total. The summed E-state index contributed by atoms with van der Waals surface area (Å²) >= 11 is 0. The highest BCUT2D eigenvalue weighted by molar-refractivity contribution is 5.71. The SMILES string of the molecule is C=CCc1ccccc1C1=CC(F)=CCC1. The highest BCUT2D eigenvalue weighted by Gasteiger charge is 2.10. The number of allylic oxidation sites excluding steroid dienone is 5. The smallest absolute Gasteiger partial charge is 0.119 e. The van der Waals surface area contributed by atoms with Crippen molar-refractivity contribution in [3.8, 4) is 0 Å². The van der Waals surface area contributed by atoms with E-state index >= 15 is 0 Å². The number of hydrogen-bond acceptors (Lipinski definition) is 0. The van der Waals surface area contributed by atoms with E-state index in [0.29, 0.717) is 0 Å². The molecule has 1 aliphatic carbocycles. The van der Waals surface area contributed by atoms with Crippen LogP contribution in [0, 0.1) is 0 Å². The lowest BCUT2D eigenvalue weighted by Crippen LogP contribution is -1.95. The second-order valence-electron chi connectivity index (χ2n) is 3.95. The minimum Gasteiger partial charge on any atom is -0.207 e. The van der Waals surface area contributed by atoms with Gasteiger partial charge in [0, 0.05) is 0 Å². The van der Waals surface area contributed by atoms with Crippen LogP contribution in [0.5, 0.6) is 0 Å². The number of benzene rings is 1. The van der Waals surface area contributed by atoms with E-state index in [-0.39, 0.29) is 5.83 Å². The molecule has 1 aromatic carbocycles. The fraction of sp³-hybridized carbons (Fsp3) is 0.200. The Morgan fingerprint density at radius 2 is 2.12 bits per heavy atom. The van der Waals surface area contributed by atoms with Gasteiger partial charge in [0.05, 0.1) is 0 Å². The Morgan fingerprint density at radius 3 is 2.88 bits per heavy atom. The van der Waals surface area contributed by atoms with E-state index in [0.717, 1.165) is 30.4 Å². The van der Waals surface area contributed by atoms with Crippen LogP contribution in [0.25, 0.3) is 5.57 Å². The largest absolute Gasteiger partial charge is 0.207 e. The number of halogens is 1. The highest BCUT2D eigenvalue weighted by atomic mass is 19.1. The molecular weight excluding hydrogens is 199 g/mol. The van der Waals surface area contributed by atoms with E-state index in [1.54, 1.807) is 12.2 Å². The molecule has 1 heteroatoms. The molecule has 0 atom stereocenters. The Labute approximate surface area is 95.8 Å². The van der Waals surface area contributed by atoms with E-state index in [9.17, 15) is 4.39 Å². The average Bonchev–Trinajstić information content (AvgIpc) is 2.30. The summed E-state index contributed by atoms with van der Waals surface area (Å²) in [5.41, 5.74) is 3.47. The van der Waals surface area contributed by atoms with E-state index in [1.165, 1.54) is 5.56 Å². The van der Waals surface area contributed by atoms with Crippen LogP contribution in [0.1, 0.15) is 24.0 Å². The summed E-state index contributed by atoms with van der Waals surface area (Å²) in [5, 5.41) is 0. The van der Waals surface area contributed by atoms with Gasteiger partial charge >= 0.3 is 0 Å². The predicted molar refractivity (Wildman–Crippen MR) is 66.7 cm³/mol. The second-order valence-corrected chi connectivity index (χ2v) is 3.95. The molecule has 0 fully saturated rings. The summed E-state index contributed by atoms with van der Waals surface area (Å²) in [4.78, 5) is 0. The fourth-order valence-electron chi connectivity index (χ4n) is 2.04. The van der Waals surface area contributed by atoms with Crippen molar-refractivity contribution in [2.24, 2.45) is 0 Å². The van der Waals surface area contributed by atoms with E-state index in [4.69, 9.17) is 0 Å². The van der Waals surface area contributed by atoms with E-state index < -0.39 is 0 Å². The minimum atomic E-state index is -0.116. The van der Waals surface area contributed by atoms with E-state index in [1.807, 2.05) is 18.2 Å². The summed E-state index contributed by atoms with van der Waals surface area (Å²) in [5.74, 6) is -0.116. The van der Waals surface area contributed by atoms with Crippen LogP contribution in [0.15, 0.2) is 54.9 Å². The lowest BCUT2D eigenvalue weighted by Gasteiger charge is -2.14. The zero-order valence-electron chi connectivity index (χ0n) is 9.25. The Bertz CT molecular complexity index is 452. The van der Waals surface area contributed by atoms with Crippen molar-refractivity contribution in [1.82, 2.24) is 0 Å². The Morgan fingerprint density at radius 1 is 1.31 bits per heavy atom. The molecule has 1 aliphatic rings. The maximum absolute atomic E-state index is 13.2. The fourth-order valence-corrected chi connectivity index (χ4v) is 2.04. The van der Waals surface area contributed by atoms with Gasteiger partial charge in [-0.2, -0.15) is 0 Å². The molecular formula is C15H15F. The topological polar surface area (TPSA) is 0 Å². The van der Waals surface area contributed by atoms with Crippen LogP contribution < -0.4 is 0 Å². The molecule has 0 radical (unpaired) electrons.